The van der Waals surface area contributed by atoms with Crippen molar-refractivity contribution >= 4 is 44.1 Å². The molecule has 222 valence electrons. The molecule has 2 saturated heterocycles. The van der Waals surface area contributed by atoms with Crippen molar-refractivity contribution in [2.45, 2.75) is 37.7 Å². The van der Waals surface area contributed by atoms with Crippen LogP contribution in [0.3, 0.4) is 0 Å². The number of methoxy groups -OCH3 is 1. The second-order valence-electron chi connectivity index (χ2n) is 10.9. The Labute approximate surface area is 264 Å². The first-order chi connectivity index (χ1) is 20.2. The van der Waals surface area contributed by atoms with Crippen molar-refractivity contribution in [1.29, 1.82) is 0 Å². The van der Waals surface area contributed by atoms with E-state index in [1.165, 1.54) is 0 Å². The second-order valence-corrected chi connectivity index (χ2v) is 12.7. The van der Waals surface area contributed by atoms with Gasteiger partial charge in [0.25, 0.3) is 5.91 Å². The van der Waals surface area contributed by atoms with E-state index >= 15 is 0 Å². The normalized spacial score (nSPS) is 22.8. The van der Waals surface area contributed by atoms with Crippen LogP contribution in [0.2, 0.25) is 0 Å². The number of halogens is 2. The van der Waals surface area contributed by atoms with Crippen LogP contribution >= 0.6 is 31.9 Å². The van der Waals surface area contributed by atoms with E-state index in [0.717, 1.165) is 26.4 Å². The Morgan fingerprint density at radius 3 is 1.95 bits per heavy atom. The largest absolute Gasteiger partial charge is 0.497 e. The molecule has 2 aliphatic heterocycles. The van der Waals surface area contributed by atoms with Crippen molar-refractivity contribution < 1.29 is 19.1 Å². The Balaban J connectivity index is 1.65. The quantitative estimate of drug-likeness (QED) is 0.298. The molecule has 0 bridgehead atoms. The van der Waals surface area contributed by atoms with Gasteiger partial charge in [-0.2, -0.15) is 0 Å². The van der Waals surface area contributed by atoms with Gasteiger partial charge in [-0.05, 0) is 61.4 Å². The molecular weight excluding hydrogens is 664 g/mol. The molecule has 0 aromatic heterocycles. The zero-order chi connectivity index (χ0) is 29.9. The third kappa shape index (κ3) is 6.43. The highest BCUT2D eigenvalue weighted by molar-refractivity contribution is 9.10. The number of amides is 1. The fourth-order valence-corrected chi connectivity index (χ4v) is 6.26. The molecule has 2 aliphatic rings. The number of hydrogen-bond acceptors (Lipinski definition) is 7. The number of nitrogens with one attached hydrogen (secondary N) is 2. The van der Waals surface area contributed by atoms with Crippen LogP contribution in [0.1, 0.15) is 42.6 Å². The molecule has 2 unspecified atom stereocenters. The number of aldehydes is 1. The van der Waals surface area contributed by atoms with Gasteiger partial charge in [-0.1, -0.05) is 56.1 Å². The van der Waals surface area contributed by atoms with Crippen molar-refractivity contribution in [3.05, 3.63) is 92.4 Å². The Morgan fingerprint density at radius 1 is 0.929 bits per heavy atom. The monoisotopic (exact) mass is 698 g/mol. The average Bonchev–Trinajstić information content (AvgIpc) is 3.39. The minimum atomic E-state index is -1.31. The van der Waals surface area contributed by atoms with E-state index in [1.807, 2.05) is 61.2 Å². The minimum Gasteiger partial charge on any atom is -0.497 e. The van der Waals surface area contributed by atoms with Gasteiger partial charge in [-0.3, -0.25) is 20.3 Å². The van der Waals surface area contributed by atoms with E-state index in [4.69, 9.17) is 9.47 Å². The highest BCUT2D eigenvalue weighted by atomic mass is 79.9. The lowest BCUT2D eigenvalue weighted by Gasteiger charge is -2.40. The van der Waals surface area contributed by atoms with Gasteiger partial charge in [0.15, 0.2) is 5.66 Å². The number of carbonyl (C=O) groups excluding carboxylic acids is 2. The summed E-state index contributed by atoms with van der Waals surface area (Å²) in [7, 11) is 1.62. The first-order valence-corrected chi connectivity index (χ1v) is 15.7. The summed E-state index contributed by atoms with van der Waals surface area (Å²) in [6.07, 6.45) is 0.790. The van der Waals surface area contributed by atoms with Gasteiger partial charge in [0.05, 0.1) is 31.8 Å². The fourth-order valence-electron chi connectivity index (χ4n) is 5.73. The molecule has 2 fully saturated rings. The summed E-state index contributed by atoms with van der Waals surface area (Å²) in [6.45, 7) is 6.59. The molecule has 0 aliphatic carbocycles. The van der Waals surface area contributed by atoms with Crippen LogP contribution in [0.5, 0.6) is 11.5 Å². The number of nitrogens with zero attached hydrogens (tertiary/aromatic N) is 2. The van der Waals surface area contributed by atoms with Gasteiger partial charge in [-0.15, -0.1) is 0 Å². The predicted molar refractivity (Wildman–Crippen MR) is 170 cm³/mol. The van der Waals surface area contributed by atoms with E-state index in [9.17, 15) is 9.59 Å². The van der Waals surface area contributed by atoms with Gasteiger partial charge < -0.3 is 19.2 Å². The summed E-state index contributed by atoms with van der Waals surface area (Å²) in [5.41, 5.74) is 1.48. The van der Waals surface area contributed by atoms with E-state index in [2.05, 4.69) is 71.7 Å². The van der Waals surface area contributed by atoms with Crippen LogP contribution in [0, 0.1) is 0 Å². The average molecular weight is 700 g/mol. The molecule has 0 radical (unpaired) electrons. The highest BCUT2D eigenvalue weighted by Crippen LogP contribution is 2.45. The lowest BCUT2D eigenvalue weighted by atomic mass is 9.95. The van der Waals surface area contributed by atoms with Crippen molar-refractivity contribution in [3.8, 4) is 11.5 Å². The summed E-state index contributed by atoms with van der Waals surface area (Å²) >= 11 is 7.12. The Hall–Kier alpha value is -2.76. The molecule has 2 N–H and O–H groups in total. The minimum absolute atomic E-state index is 0.0891. The summed E-state index contributed by atoms with van der Waals surface area (Å²) in [6, 6.07) is 21.5. The number of benzene rings is 3. The molecule has 0 saturated carbocycles. The smallest absolute Gasteiger partial charge is 0.262 e. The number of carbonyl (C=O) groups is 2. The summed E-state index contributed by atoms with van der Waals surface area (Å²) < 4.78 is 13.8. The van der Waals surface area contributed by atoms with E-state index in [1.54, 1.807) is 7.11 Å². The summed E-state index contributed by atoms with van der Waals surface area (Å²) in [5, 5.41) is 7.57. The third-order valence-corrected chi connectivity index (χ3v) is 8.86. The third-order valence-electron chi connectivity index (χ3n) is 7.80. The number of rotatable bonds is 9. The second kappa shape index (κ2) is 13.3. The van der Waals surface area contributed by atoms with E-state index in [-0.39, 0.29) is 24.1 Å². The zero-order valence-corrected chi connectivity index (χ0v) is 27.2. The highest BCUT2D eigenvalue weighted by Gasteiger charge is 2.54. The standard InChI is InChI=1S/C32H36Br2N4O4/c1-21(2)42-28-20-26(41-3)12-13-27(28)32(31(40)38-16-14-37(15-17-38)18-19-39)35-29(22-4-8-24(33)9-5-22)30(36-32)23-6-10-25(34)11-7-23/h4-13,19-21,29-30,35-36H,14-18H2,1-3H3. The maximum absolute atomic E-state index is 14.9. The fraction of sp³-hybridized carbons (Fsp3) is 0.375. The van der Waals surface area contributed by atoms with Crippen LogP contribution in [0.25, 0.3) is 0 Å². The molecule has 8 nitrogen and oxygen atoms in total. The van der Waals surface area contributed by atoms with Gasteiger partial charge in [-0.25, -0.2) is 0 Å². The van der Waals surface area contributed by atoms with Crippen LogP contribution in [0.15, 0.2) is 75.7 Å². The predicted octanol–water partition coefficient (Wildman–Crippen LogP) is 5.18. The first-order valence-electron chi connectivity index (χ1n) is 14.1. The molecule has 2 heterocycles. The molecule has 5 rings (SSSR count). The molecule has 42 heavy (non-hydrogen) atoms. The molecule has 10 heteroatoms. The van der Waals surface area contributed by atoms with Crippen LogP contribution < -0.4 is 20.1 Å². The molecule has 3 aromatic carbocycles. The lowest BCUT2D eigenvalue weighted by Crippen LogP contribution is -2.62. The van der Waals surface area contributed by atoms with Crippen molar-refractivity contribution in [2.24, 2.45) is 0 Å². The molecule has 2 atom stereocenters. The van der Waals surface area contributed by atoms with Gasteiger partial charge >= 0.3 is 0 Å². The van der Waals surface area contributed by atoms with Crippen LogP contribution in [-0.2, 0) is 15.3 Å². The molecular formula is C32H36Br2N4O4. The first kappa shape index (κ1) is 30.7. The lowest BCUT2D eigenvalue weighted by molar-refractivity contribution is -0.141. The number of piperazine rings is 1. The maximum Gasteiger partial charge on any atom is 0.262 e. The molecule has 3 aromatic rings. The van der Waals surface area contributed by atoms with E-state index < -0.39 is 5.66 Å². The van der Waals surface area contributed by atoms with Crippen LogP contribution in [0.4, 0.5) is 0 Å². The number of hydrogen-bond donors (Lipinski definition) is 2. The van der Waals surface area contributed by atoms with E-state index in [0.29, 0.717) is 49.8 Å². The van der Waals surface area contributed by atoms with Crippen molar-refractivity contribution in [2.75, 3.05) is 39.8 Å². The Kier molecular flexibility index (Phi) is 9.69. The van der Waals surface area contributed by atoms with Crippen molar-refractivity contribution in [3.63, 3.8) is 0 Å². The van der Waals surface area contributed by atoms with Gasteiger partial charge in [0, 0.05) is 46.8 Å². The summed E-state index contributed by atoms with van der Waals surface area (Å²) in [4.78, 5) is 29.9. The topological polar surface area (TPSA) is 83.1 Å². The van der Waals surface area contributed by atoms with Crippen LogP contribution in [-0.4, -0.2) is 67.9 Å². The van der Waals surface area contributed by atoms with Gasteiger partial charge in [0.2, 0.25) is 0 Å². The van der Waals surface area contributed by atoms with Crippen molar-refractivity contribution in [1.82, 2.24) is 20.4 Å². The van der Waals surface area contributed by atoms with Gasteiger partial charge in [0.1, 0.15) is 17.8 Å². The SMILES string of the molecule is COc1ccc(C2(C(=O)N3CCN(CC=O)CC3)NC(c3ccc(Br)cc3)C(c3ccc(Br)cc3)N2)c(OC(C)C)c1. The molecule has 1 amide bonds. The number of ether oxygens (including phenoxy) is 2. The maximum atomic E-state index is 14.9. The Bertz CT molecular complexity index is 1340. The Morgan fingerprint density at radius 2 is 1.48 bits per heavy atom. The molecule has 0 spiro atoms. The summed E-state index contributed by atoms with van der Waals surface area (Å²) in [5.74, 6) is 1.13. The zero-order valence-electron chi connectivity index (χ0n) is 24.0.